The average molecular weight is 174 g/mol. The first-order chi connectivity index (χ1) is 5.90. The van der Waals surface area contributed by atoms with E-state index in [9.17, 15) is 0 Å². The number of fused-ring (bicyclic) bond motifs is 1. The van der Waals surface area contributed by atoms with E-state index >= 15 is 0 Å². The third-order valence-electron chi connectivity index (χ3n) is 1.68. The summed E-state index contributed by atoms with van der Waals surface area (Å²) < 4.78 is 1.18. The quantitative estimate of drug-likeness (QED) is 0.665. The van der Waals surface area contributed by atoms with Gasteiger partial charge in [-0.15, -0.1) is 11.3 Å². The Morgan fingerprint density at radius 2 is 2.42 bits per heavy atom. The van der Waals surface area contributed by atoms with Crippen molar-refractivity contribution in [3.8, 4) is 6.07 Å². The van der Waals surface area contributed by atoms with Gasteiger partial charge in [-0.25, -0.2) is 4.98 Å². The lowest BCUT2D eigenvalue weighted by atomic mass is 10.1. The first kappa shape index (κ1) is 7.26. The Balaban J connectivity index is 2.54. The van der Waals surface area contributed by atoms with Crippen molar-refractivity contribution in [2.45, 2.75) is 6.42 Å². The summed E-state index contributed by atoms with van der Waals surface area (Å²) in [4.78, 5) is 4.17. The van der Waals surface area contributed by atoms with Crippen molar-refractivity contribution in [2.24, 2.45) is 0 Å². The van der Waals surface area contributed by atoms with Crippen LogP contribution in [-0.2, 0) is 6.42 Å². The summed E-state index contributed by atoms with van der Waals surface area (Å²) in [5, 5.41) is 8.47. The summed E-state index contributed by atoms with van der Waals surface area (Å²) in [6.07, 6.45) is 0.466. The smallest absolute Gasteiger partial charge is 0.0815 e. The van der Waals surface area contributed by atoms with Gasteiger partial charge in [-0.1, -0.05) is 6.07 Å². The molecule has 0 aliphatic heterocycles. The highest BCUT2D eigenvalue weighted by atomic mass is 32.1. The fourth-order valence-electron chi connectivity index (χ4n) is 1.10. The van der Waals surface area contributed by atoms with Crippen LogP contribution >= 0.6 is 11.3 Å². The molecular formula is C9H6N2S. The second kappa shape index (κ2) is 2.92. The zero-order valence-electron chi connectivity index (χ0n) is 6.32. The van der Waals surface area contributed by atoms with Crippen molar-refractivity contribution in [2.75, 3.05) is 0 Å². The average Bonchev–Trinajstić information content (AvgIpc) is 2.51. The van der Waals surface area contributed by atoms with E-state index in [2.05, 4.69) is 11.1 Å². The summed E-state index contributed by atoms with van der Waals surface area (Å²) in [6, 6.07) is 8.07. The van der Waals surface area contributed by atoms with Gasteiger partial charge in [-0.3, -0.25) is 0 Å². The normalized spacial score (nSPS) is 9.92. The molecule has 1 aromatic heterocycles. The van der Waals surface area contributed by atoms with Crippen LogP contribution in [0.4, 0.5) is 0 Å². The van der Waals surface area contributed by atoms with Gasteiger partial charge in [0.1, 0.15) is 0 Å². The van der Waals surface area contributed by atoms with Crippen molar-refractivity contribution in [3.63, 3.8) is 0 Å². The Bertz CT molecular complexity index is 439. The van der Waals surface area contributed by atoms with E-state index in [1.165, 1.54) is 4.70 Å². The third-order valence-corrected chi connectivity index (χ3v) is 2.49. The van der Waals surface area contributed by atoms with Crippen LogP contribution in [0.1, 0.15) is 5.56 Å². The lowest BCUT2D eigenvalue weighted by Crippen LogP contribution is -1.79. The number of nitriles is 1. The SMILES string of the molecule is N#CCc1ccc2scnc2c1. The number of rotatable bonds is 1. The highest BCUT2D eigenvalue weighted by Crippen LogP contribution is 2.18. The molecule has 12 heavy (non-hydrogen) atoms. The zero-order chi connectivity index (χ0) is 8.39. The molecule has 0 spiro atoms. The molecule has 0 atom stereocenters. The van der Waals surface area contributed by atoms with Gasteiger partial charge >= 0.3 is 0 Å². The zero-order valence-corrected chi connectivity index (χ0v) is 7.14. The minimum atomic E-state index is 0.466. The number of thiazole rings is 1. The lowest BCUT2D eigenvalue weighted by Gasteiger charge is -1.92. The monoisotopic (exact) mass is 174 g/mol. The van der Waals surface area contributed by atoms with Crippen LogP contribution in [0.15, 0.2) is 23.7 Å². The maximum Gasteiger partial charge on any atom is 0.0815 e. The highest BCUT2D eigenvalue weighted by Gasteiger charge is 1.97. The molecule has 0 unspecified atom stereocenters. The second-order valence-electron chi connectivity index (χ2n) is 2.49. The van der Waals surface area contributed by atoms with Crippen LogP contribution in [0.5, 0.6) is 0 Å². The molecule has 0 amide bonds. The lowest BCUT2D eigenvalue weighted by molar-refractivity contribution is 1.27. The Labute approximate surface area is 74.1 Å². The number of aromatic nitrogens is 1. The highest BCUT2D eigenvalue weighted by molar-refractivity contribution is 7.16. The van der Waals surface area contributed by atoms with Gasteiger partial charge in [0.15, 0.2) is 0 Å². The van der Waals surface area contributed by atoms with E-state index in [1.807, 2.05) is 23.7 Å². The van der Waals surface area contributed by atoms with Crippen LogP contribution in [-0.4, -0.2) is 4.98 Å². The largest absolute Gasteiger partial charge is 0.245 e. The maximum atomic E-state index is 8.47. The van der Waals surface area contributed by atoms with Crippen molar-refractivity contribution in [1.29, 1.82) is 5.26 Å². The van der Waals surface area contributed by atoms with Gasteiger partial charge in [0.05, 0.1) is 28.2 Å². The van der Waals surface area contributed by atoms with E-state index in [1.54, 1.807) is 11.3 Å². The molecule has 58 valence electrons. The van der Waals surface area contributed by atoms with Crippen LogP contribution in [0.25, 0.3) is 10.2 Å². The van der Waals surface area contributed by atoms with Crippen molar-refractivity contribution < 1.29 is 0 Å². The second-order valence-corrected chi connectivity index (χ2v) is 3.38. The predicted octanol–water partition coefficient (Wildman–Crippen LogP) is 2.36. The number of nitrogens with zero attached hydrogens (tertiary/aromatic N) is 2. The third kappa shape index (κ3) is 1.17. The Kier molecular flexibility index (Phi) is 1.77. The first-order valence-electron chi connectivity index (χ1n) is 3.59. The van der Waals surface area contributed by atoms with Crippen LogP contribution < -0.4 is 0 Å². The maximum absolute atomic E-state index is 8.47. The summed E-state index contributed by atoms with van der Waals surface area (Å²) in [5.41, 5.74) is 3.85. The van der Waals surface area contributed by atoms with E-state index < -0.39 is 0 Å². The molecule has 0 radical (unpaired) electrons. The van der Waals surface area contributed by atoms with Crippen LogP contribution in [0, 0.1) is 11.3 Å². The van der Waals surface area contributed by atoms with E-state index in [-0.39, 0.29) is 0 Å². The summed E-state index contributed by atoms with van der Waals surface area (Å²) in [5.74, 6) is 0. The van der Waals surface area contributed by atoms with Crippen molar-refractivity contribution in [1.82, 2.24) is 4.98 Å². The minimum Gasteiger partial charge on any atom is -0.245 e. The van der Waals surface area contributed by atoms with Crippen molar-refractivity contribution in [3.05, 3.63) is 29.3 Å². The number of hydrogen-bond donors (Lipinski definition) is 0. The Hall–Kier alpha value is -1.40. The van der Waals surface area contributed by atoms with E-state index in [4.69, 9.17) is 5.26 Å². The molecule has 2 nitrogen and oxygen atoms in total. The summed E-state index contributed by atoms with van der Waals surface area (Å²) >= 11 is 1.62. The van der Waals surface area contributed by atoms with Gasteiger partial charge in [0.2, 0.25) is 0 Å². The van der Waals surface area contributed by atoms with Gasteiger partial charge in [0.25, 0.3) is 0 Å². The fraction of sp³-hybridized carbons (Fsp3) is 0.111. The number of benzene rings is 1. The molecule has 0 aliphatic rings. The van der Waals surface area contributed by atoms with Gasteiger partial charge < -0.3 is 0 Å². The molecule has 1 aromatic carbocycles. The molecule has 3 heteroatoms. The Morgan fingerprint density at radius 3 is 3.25 bits per heavy atom. The standard InChI is InChI=1S/C9H6N2S/c10-4-3-7-1-2-9-8(5-7)11-6-12-9/h1-2,5-6H,3H2. The van der Waals surface area contributed by atoms with E-state index in [0.29, 0.717) is 6.42 Å². The molecule has 0 aliphatic carbocycles. The van der Waals surface area contributed by atoms with Crippen molar-refractivity contribution >= 4 is 21.6 Å². The van der Waals surface area contributed by atoms with Gasteiger partial charge in [-0.05, 0) is 17.7 Å². The molecule has 0 saturated carbocycles. The first-order valence-corrected chi connectivity index (χ1v) is 4.47. The van der Waals surface area contributed by atoms with Gasteiger partial charge in [-0.2, -0.15) is 5.26 Å². The molecule has 2 aromatic rings. The topological polar surface area (TPSA) is 36.7 Å². The summed E-state index contributed by atoms with van der Waals surface area (Å²) in [6.45, 7) is 0. The predicted molar refractivity (Wildman–Crippen MR) is 48.9 cm³/mol. The van der Waals surface area contributed by atoms with Crippen LogP contribution in [0.2, 0.25) is 0 Å². The molecule has 0 fully saturated rings. The van der Waals surface area contributed by atoms with Gasteiger partial charge in [0, 0.05) is 0 Å². The molecule has 0 bridgehead atoms. The molecule has 2 rings (SSSR count). The van der Waals surface area contributed by atoms with Crippen LogP contribution in [0.3, 0.4) is 0 Å². The van der Waals surface area contributed by atoms with E-state index in [0.717, 1.165) is 11.1 Å². The molecule has 0 saturated heterocycles. The fourth-order valence-corrected chi connectivity index (χ4v) is 1.76. The Morgan fingerprint density at radius 1 is 1.50 bits per heavy atom. The summed E-state index contributed by atoms with van der Waals surface area (Å²) in [7, 11) is 0. The molecular weight excluding hydrogens is 168 g/mol. The minimum absolute atomic E-state index is 0.466. The molecule has 0 N–H and O–H groups in total. The molecule has 1 heterocycles. The number of hydrogen-bond acceptors (Lipinski definition) is 3.